The lowest BCUT2D eigenvalue weighted by molar-refractivity contribution is -0.150. The summed E-state index contributed by atoms with van der Waals surface area (Å²) < 4.78 is 0. The third-order valence-corrected chi connectivity index (χ3v) is 7.81. The van der Waals surface area contributed by atoms with E-state index in [4.69, 9.17) is 0 Å². The molecule has 0 bridgehead atoms. The Morgan fingerprint density at radius 2 is 1.72 bits per heavy atom. The molecule has 2 aliphatic heterocycles. The highest BCUT2D eigenvalue weighted by molar-refractivity contribution is 5.90. The van der Waals surface area contributed by atoms with Gasteiger partial charge in [0.05, 0.1) is 6.04 Å². The minimum Gasteiger partial charge on any atom is -0.341 e. The highest BCUT2D eigenvalue weighted by Crippen LogP contribution is 2.25. The summed E-state index contributed by atoms with van der Waals surface area (Å²) in [4.78, 5) is 33.4. The number of aryl methyl sites for hydroxylation is 1. The smallest absolute Gasteiger partial charge is 0.245 e. The van der Waals surface area contributed by atoms with Gasteiger partial charge in [0.25, 0.3) is 0 Å². The first-order chi connectivity index (χ1) is 17.1. The van der Waals surface area contributed by atoms with Crippen molar-refractivity contribution >= 4 is 11.8 Å². The van der Waals surface area contributed by atoms with Gasteiger partial charge in [-0.2, -0.15) is 0 Å². The molecule has 1 aromatic carbocycles. The number of nitrogens with one attached hydrogen (secondary N) is 1. The highest BCUT2D eigenvalue weighted by Gasteiger charge is 2.39. The highest BCUT2D eigenvalue weighted by atomic mass is 16.2. The third kappa shape index (κ3) is 8.31. The summed E-state index contributed by atoms with van der Waals surface area (Å²) >= 11 is 0. The van der Waals surface area contributed by atoms with Gasteiger partial charge in [0.2, 0.25) is 11.8 Å². The Bertz CT molecular complexity index is 830. The second-order valence-corrected chi connectivity index (χ2v) is 12.1. The normalized spacial score (nSPS) is 20.6. The monoisotopic (exact) mass is 498 g/mol. The molecule has 2 amide bonds. The van der Waals surface area contributed by atoms with E-state index in [0.717, 1.165) is 58.4 Å². The van der Waals surface area contributed by atoms with E-state index in [2.05, 4.69) is 76.1 Å². The van der Waals surface area contributed by atoms with Crippen LogP contribution in [0.3, 0.4) is 0 Å². The molecule has 2 saturated heterocycles. The molecular weight excluding hydrogens is 448 g/mol. The van der Waals surface area contributed by atoms with E-state index in [-0.39, 0.29) is 23.9 Å². The van der Waals surface area contributed by atoms with Gasteiger partial charge in [0.15, 0.2) is 0 Å². The van der Waals surface area contributed by atoms with Crippen molar-refractivity contribution in [2.24, 2.45) is 17.8 Å². The average Bonchev–Trinajstić information content (AvgIpc) is 2.84. The lowest BCUT2D eigenvalue weighted by Crippen LogP contribution is -2.62. The maximum absolute atomic E-state index is 13.7. The number of carbonyl (C=O) groups is 2. The van der Waals surface area contributed by atoms with Crippen molar-refractivity contribution < 1.29 is 9.59 Å². The van der Waals surface area contributed by atoms with Gasteiger partial charge < -0.3 is 20.0 Å². The molecule has 0 aromatic heterocycles. The lowest BCUT2D eigenvalue weighted by atomic mass is 9.91. The van der Waals surface area contributed by atoms with Crippen LogP contribution in [0, 0.1) is 24.7 Å². The molecule has 1 aromatic rings. The first kappa shape index (κ1) is 28.6. The summed E-state index contributed by atoms with van der Waals surface area (Å²) in [7, 11) is 2.20. The maximum atomic E-state index is 13.7. The van der Waals surface area contributed by atoms with Crippen molar-refractivity contribution in [1.29, 1.82) is 0 Å². The Hall–Kier alpha value is -1.92. The third-order valence-electron chi connectivity index (χ3n) is 7.81. The molecule has 2 atom stereocenters. The molecule has 0 radical (unpaired) electrons. The van der Waals surface area contributed by atoms with Gasteiger partial charge in [-0.15, -0.1) is 0 Å². The predicted molar refractivity (Wildman–Crippen MR) is 148 cm³/mol. The van der Waals surface area contributed by atoms with Crippen LogP contribution in [0.4, 0.5) is 0 Å². The summed E-state index contributed by atoms with van der Waals surface area (Å²) in [6.45, 7) is 15.8. The minimum atomic E-state index is -0.327. The molecule has 2 fully saturated rings. The molecule has 202 valence electrons. The summed E-state index contributed by atoms with van der Waals surface area (Å²) in [6.07, 6.45) is 4.85. The topological polar surface area (TPSA) is 55.9 Å². The SMILES string of the molecule is Cc1ccc(CN(C)CCC2CCN(C(=O)[C@H](CC(C)C)N3CCN[C@@H](CC(C)C)C3=O)CC2)cc1. The van der Waals surface area contributed by atoms with Crippen LogP contribution in [0.1, 0.15) is 70.9 Å². The predicted octanol–water partition coefficient (Wildman–Crippen LogP) is 4.32. The van der Waals surface area contributed by atoms with E-state index in [1.54, 1.807) is 0 Å². The van der Waals surface area contributed by atoms with Crippen molar-refractivity contribution in [2.75, 3.05) is 39.8 Å². The molecule has 0 unspecified atom stereocenters. The fourth-order valence-corrected chi connectivity index (χ4v) is 5.67. The van der Waals surface area contributed by atoms with Crippen molar-refractivity contribution in [3.8, 4) is 0 Å². The molecule has 36 heavy (non-hydrogen) atoms. The van der Waals surface area contributed by atoms with Crippen LogP contribution in [-0.4, -0.2) is 78.4 Å². The van der Waals surface area contributed by atoms with Gasteiger partial charge >= 0.3 is 0 Å². The molecule has 6 heteroatoms. The molecule has 3 rings (SSSR count). The first-order valence-corrected chi connectivity index (χ1v) is 14.2. The Balaban J connectivity index is 1.51. The van der Waals surface area contributed by atoms with Crippen LogP contribution in [-0.2, 0) is 16.1 Å². The summed E-state index contributed by atoms with van der Waals surface area (Å²) in [5.74, 6) is 1.75. The van der Waals surface area contributed by atoms with Gasteiger partial charge in [0.1, 0.15) is 6.04 Å². The van der Waals surface area contributed by atoms with Crippen LogP contribution in [0.2, 0.25) is 0 Å². The zero-order chi connectivity index (χ0) is 26.2. The van der Waals surface area contributed by atoms with Gasteiger partial charge in [-0.3, -0.25) is 9.59 Å². The number of nitrogens with zero attached hydrogens (tertiary/aromatic N) is 3. The summed E-state index contributed by atoms with van der Waals surface area (Å²) in [5, 5.41) is 3.38. The second kappa shape index (κ2) is 13.6. The Labute approximate surface area is 219 Å². The molecule has 0 spiro atoms. The number of piperazine rings is 1. The van der Waals surface area contributed by atoms with E-state index in [9.17, 15) is 9.59 Å². The van der Waals surface area contributed by atoms with Crippen molar-refractivity contribution in [1.82, 2.24) is 20.0 Å². The fourth-order valence-electron chi connectivity index (χ4n) is 5.67. The molecular formula is C30H50N4O2. The second-order valence-electron chi connectivity index (χ2n) is 12.1. The van der Waals surface area contributed by atoms with Crippen LogP contribution < -0.4 is 5.32 Å². The molecule has 2 heterocycles. The van der Waals surface area contributed by atoms with Gasteiger partial charge in [0, 0.05) is 32.7 Å². The zero-order valence-electron chi connectivity index (χ0n) is 23.6. The van der Waals surface area contributed by atoms with Crippen molar-refractivity contribution in [2.45, 2.75) is 85.4 Å². The number of benzene rings is 1. The van der Waals surface area contributed by atoms with E-state index in [0.29, 0.717) is 24.3 Å². The Morgan fingerprint density at radius 1 is 1.06 bits per heavy atom. The number of hydrogen-bond acceptors (Lipinski definition) is 4. The number of piperidine rings is 1. The van der Waals surface area contributed by atoms with Gasteiger partial charge in [-0.1, -0.05) is 57.5 Å². The standard InChI is InChI=1S/C30H50N4O2/c1-22(2)19-27-29(35)34(18-14-31-27)28(20-23(3)4)30(36)33-16-12-25(13-17-33)11-15-32(6)21-26-9-7-24(5)8-10-26/h7-10,22-23,25,27-28,31H,11-21H2,1-6H3/t27-,28-/m0/s1. The zero-order valence-corrected chi connectivity index (χ0v) is 23.6. The van der Waals surface area contributed by atoms with Gasteiger partial charge in [-0.05, 0) is 75.9 Å². The number of amides is 2. The number of carbonyl (C=O) groups excluding carboxylic acids is 2. The van der Waals surface area contributed by atoms with E-state index >= 15 is 0 Å². The fraction of sp³-hybridized carbons (Fsp3) is 0.733. The first-order valence-electron chi connectivity index (χ1n) is 14.2. The van der Waals surface area contributed by atoms with Crippen LogP contribution >= 0.6 is 0 Å². The Morgan fingerprint density at radius 3 is 2.33 bits per heavy atom. The van der Waals surface area contributed by atoms with E-state index in [1.807, 2.05) is 9.80 Å². The molecule has 2 aliphatic rings. The summed E-state index contributed by atoms with van der Waals surface area (Å²) in [5.41, 5.74) is 2.66. The van der Waals surface area contributed by atoms with Crippen LogP contribution in [0.25, 0.3) is 0 Å². The Kier molecular flexibility index (Phi) is 10.8. The molecule has 0 saturated carbocycles. The van der Waals surface area contributed by atoms with Crippen LogP contribution in [0.5, 0.6) is 0 Å². The number of hydrogen-bond donors (Lipinski definition) is 1. The maximum Gasteiger partial charge on any atom is 0.245 e. The number of likely N-dealkylation sites (tertiary alicyclic amines) is 1. The van der Waals surface area contributed by atoms with Crippen molar-refractivity contribution in [3.05, 3.63) is 35.4 Å². The average molecular weight is 499 g/mol. The lowest BCUT2D eigenvalue weighted by Gasteiger charge is -2.42. The summed E-state index contributed by atoms with van der Waals surface area (Å²) in [6, 6.07) is 8.31. The van der Waals surface area contributed by atoms with E-state index in [1.165, 1.54) is 17.5 Å². The van der Waals surface area contributed by atoms with Crippen molar-refractivity contribution in [3.63, 3.8) is 0 Å². The quantitative estimate of drug-likeness (QED) is 0.494. The van der Waals surface area contributed by atoms with Gasteiger partial charge in [-0.25, -0.2) is 0 Å². The molecule has 6 nitrogen and oxygen atoms in total. The minimum absolute atomic E-state index is 0.112. The van der Waals surface area contributed by atoms with E-state index < -0.39 is 0 Å². The van der Waals surface area contributed by atoms with Crippen LogP contribution in [0.15, 0.2) is 24.3 Å². The largest absolute Gasteiger partial charge is 0.341 e. The molecule has 1 N–H and O–H groups in total. The molecule has 0 aliphatic carbocycles. The number of rotatable bonds is 11.